The lowest BCUT2D eigenvalue weighted by molar-refractivity contribution is -0.659. The highest BCUT2D eigenvalue weighted by molar-refractivity contribution is 5.89. The Kier molecular flexibility index (Phi) is 2.40. The lowest BCUT2D eigenvalue weighted by Crippen LogP contribution is -2.29. The Morgan fingerprint density at radius 1 is 1.22 bits per heavy atom. The van der Waals surface area contributed by atoms with Gasteiger partial charge in [-0.15, -0.1) is 0 Å². The quantitative estimate of drug-likeness (QED) is 0.596. The fourth-order valence-corrected chi connectivity index (χ4v) is 2.52. The Bertz CT molecular complexity index is 706. The molecule has 0 fully saturated rings. The molecule has 18 heavy (non-hydrogen) atoms. The summed E-state index contributed by atoms with van der Waals surface area (Å²) in [6.07, 6.45) is 7.92. The summed E-state index contributed by atoms with van der Waals surface area (Å²) in [7, 11) is 4.14. The minimum absolute atomic E-state index is 1.21. The van der Waals surface area contributed by atoms with Crippen molar-refractivity contribution in [1.82, 2.24) is 9.55 Å². The summed E-state index contributed by atoms with van der Waals surface area (Å²) in [5.74, 6) is 1.21. The number of aromatic nitrogens is 3. The van der Waals surface area contributed by atoms with Crippen molar-refractivity contribution in [1.29, 1.82) is 0 Å². The molecule has 0 bridgehead atoms. The van der Waals surface area contributed by atoms with Crippen LogP contribution in [0, 0.1) is 6.92 Å². The van der Waals surface area contributed by atoms with Gasteiger partial charge in [0.25, 0.3) is 5.82 Å². The molecule has 2 heterocycles. The van der Waals surface area contributed by atoms with Crippen LogP contribution in [0.25, 0.3) is 22.2 Å². The maximum Gasteiger partial charge on any atom is 0.288 e. The Hall–Kier alpha value is -2.16. The van der Waals surface area contributed by atoms with Gasteiger partial charge in [-0.2, -0.15) is 0 Å². The number of benzene rings is 1. The molecule has 0 atom stereocenters. The van der Waals surface area contributed by atoms with E-state index in [1.807, 2.05) is 12.4 Å². The van der Waals surface area contributed by atoms with Crippen LogP contribution in [0.15, 0.2) is 43.0 Å². The fourth-order valence-electron chi connectivity index (χ4n) is 2.52. The summed E-state index contributed by atoms with van der Waals surface area (Å²) < 4.78 is 4.29. The minimum atomic E-state index is 1.21. The molecule has 0 aliphatic carbocycles. The summed E-state index contributed by atoms with van der Waals surface area (Å²) in [6.45, 7) is 2.16. The van der Waals surface area contributed by atoms with Crippen LogP contribution in [0.4, 0.5) is 0 Å². The number of hydrogen-bond acceptors (Lipinski definition) is 1. The summed E-state index contributed by atoms with van der Waals surface area (Å²) in [6, 6.07) is 6.40. The van der Waals surface area contributed by atoms with Crippen LogP contribution in [-0.4, -0.2) is 9.55 Å². The van der Waals surface area contributed by atoms with E-state index in [1.54, 1.807) is 0 Å². The molecule has 3 heteroatoms. The topological polar surface area (TPSA) is 21.7 Å². The predicted octanol–water partition coefficient (Wildman–Crippen LogP) is 2.37. The number of hydrogen-bond donors (Lipinski definition) is 0. The molecular formula is C15H16N3+. The van der Waals surface area contributed by atoms with Gasteiger partial charge in [0.05, 0.1) is 19.7 Å². The van der Waals surface area contributed by atoms with Crippen LogP contribution < -0.4 is 4.57 Å². The Morgan fingerprint density at radius 2 is 2.06 bits per heavy atom. The molecule has 1 aromatic carbocycles. The first kappa shape index (κ1) is 11.0. The molecule has 90 valence electrons. The normalized spacial score (nSPS) is 11.1. The van der Waals surface area contributed by atoms with E-state index in [0.717, 1.165) is 0 Å². The summed E-state index contributed by atoms with van der Waals surface area (Å²) >= 11 is 0. The molecule has 3 rings (SSSR count). The van der Waals surface area contributed by atoms with Gasteiger partial charge in [0.15, 0.2) is 0 Å². The monoisotopic (exact) mass is 238 g/mol. The van der Waals surface area contributed by atoms with Crippen LogP contribution in [-0.2, 0) is 14.1 Å². The van der Waals surface area contributed by atoms with Gasteiger partial charge in [-0.1, -0.05) is 6.07 Å². The number of pyridine rings is 1. The predicted molar refractivity (Wildman–Crippen MR) is 72.1 cm³/mol. The van der Waals surface area contributed by atoms with Crippen molar-refractivity contribution in [3.8, 4) is 11.4 Å². The first-order valence-corrected chi connectivity index (χ1v) is 6.03. The summed E-state index contributed by atoms with van der Waals surface area (Å²) in [5, 5.41) is 2.46. The van der Waals surface area contributed by atoms with Gasteiger partial charge in [-0.25, -0.2) is 9.13 Å². The van der Waals surface area contributed by atoms with Crippen molar-refractivity contribution in [2.75, 3.05) is 0 Å². The van der Waals surface area contributed by atoms with Gasteiger partial charge < -0.3 is 0 Å². The Morgan fingerprint density at radius 3 is 2.78 bits per heavy atom. The maximum atomic E-state index is 4.23. The fraction of sp³-hybridized carbons (Fsp3) is 0.200. The van der Waals surface area contributed by atoms with Gasteiger partial charge in [0.1, 0.15) is 12.4 Å². The van der Waals surface area contributed by atoms with Gasteiger partial charge in [0, 0.05) is 17.8 Å². The molecule has 2 aromatic heterocycles. The SMILES string of the molecule is Cc1c(-c2n(C)cc[n+]2C)ccc2ccncc12. The van der Waals surface area contributed by atoms with E-state index in [0.29, 0.717) is 0 Å². The van der Waals surface area contributed by atoms with Crippen LogP contribution in [0.2, 0.25) is 0 Å². The van der Waals surface area contributed by atoms with Crippen molar-refractivity contribution >= 4 is 10.8 Å². The third-order valence-electron chi connectivity index (χ3n) is 3.52. The lowest BCUT2D eigenvalue weighted by atomic mass is 10.0. The molecule has 0 N–H and O–H groups in total. The molecule has 0 spiro atoms. The number of nitrogens with zero attached hydrogens (tertiary/aromatic N) is 3. The molecule has 0 amide bonds. The van der Waals surface area contributed by atoms with E-state index in [9.17, 15) is 0 Å². The Labute approximate surface area is 106 Å². The highest BCUT2D eigenvalue weighted by atomic mass is 15.1. The van der Waals surface area contributed by atoms with Crippen LogP contribution in [0.3, 0.4) is 0 Å². The summed E-state index contributed by atoms with van der Waals surface area (Å²) in [5.41, 5.74) is 2.53. The molecule has 3 aromatic rings. The van der Waals surface area contributed by atoms with E-state index in [-0.39, 0.29) is 0 Å². The minimum Gasteiger partial charge on any atom is -0.264 e. The van der Waals surface area contributed by atoms with Gasteiger partial charge in [-0.05, 0) is 30.0 Å². The van der Waals surface area contributed by atoms with E-state index >= 15 is 0 Å². The first-order chi connectivity index (χ1) is 8.68. The highest BCUT2D eigenvalue weighted by Crippen LogP contribution is 2.27. The van der Waals surface area contributed by atoms with Crippen LogP contribution >= 0.6 is 0 Å². The second-order valence-corrected chi connectivity index (χ2v) is 4.68. The van der Waals surface area contributed by atoms with Crippen molar-refractivity contribution < 1.29 is 4.57 Å². The van der Waals surface area contributed by atoms with Crippen molar-refractivity contribution in [2.24, 2.45) is 14.1 Å². The second kappa shape index (κ2) is 3.95. The molecule has 0 aliphatic rings. The van der Waals surface area contributed by atoms with E-state index in [2.05, 4.69) is 65.7 Å². The standard InChI is InChI=1S/C15H16N3/c1-11-13(15-17(2)8-9-18(15)3)5-4-12-6-7-16-10-14(11)12/h4-10H,1-3H3/q+1. The van der Waals surface area contributed by atoms with Gasteiger partial charge in [-0.3, -0.25) is 4.98 Å². The van der Waals surface area contributed by atoms with Crippen molar-refractivity contribution in [3.05, 3.63) is 48.5 Å². The number of imidazole rings is 1. The number of rotatable bonds is 1. The van der Waals surface area contributed by atoms with Crippen LogP contribution in [0.5, 0.6) is 0 Å². The van der Waals surface area contributed by atoms with E-state index in [1.165, 1.54) is 27.7 Å². The Balaban J connectivity index is 2.34. The molecule has 0 radical (unpaired) electrons. The van der Waals surface area contributed by atoms with Crippen molar-refractivity contribution in [3.63, 3.8) is 0 Å². The van der Waals surface area contributed by atoms with Crippen LogP contribution in [0.1, 0.15) is 5.56 Å². The average Bonchev–Trinajstić information content (AvgIpc) is 2.71. The second-order valence-electron chi connectivity index (χ2n) is 4.68. The van der Waals surface area contributed by atoms with Gasteiger partial charge in [0.2, 0.25) is 0 Å². The largest absolute Gasteiger partial charge is 0.288 e. The smallest absolute Gasteiger partial charge is 0.264 e. The molecule has 0 saturated heterocycles. The zero-order valence-electron chi connectivity index (χ0n) is 10.9. The molecule has 0 saturated carbocycles. The molecular weight excluding hydrogens is 222 g/mol. The molecule has 0 unspecified atom stereocenters. The number of aryl methyl sites for hydroxylation is 3. The van der Waals surface area contributed by atoms with E-state index < -0.39 is 0 Å². The van der Waals surface area contributed by atoms with Crippen molar-refractivity contribution in [2.45, 2.75) is 6.92 Å². The van der Waals surface area contributed by atoms with Gasteiger partial charge >= 0.3 is 0 Å². The molecule has 0 aliphatic heterocycles. The molecule has 3 nitrogen and oxygen atoms in total. The maximum absolute atomic E-state index is 4.23. The third-order valence-corrected chi connectivity index (χ3v) is 3.52. The first-order valence-electron chi connectivity index (χ1n) is 6.03. The average molecular weight is 238 g/mol. The lowest BCUT2D eigenvalue weighted by Gasteiger charge is -2.07. The zero-order valence-corrected chi connectivity index (χ0v) is 10.9. The third kappa shape index (κ3) is 1.51. The highest BCUT2D eigenvalue weighted by Gasteiger charge is 2.17. The zero-order chi connectivity index (χ0) is 12.7. The van der Waals surface area contributed by atoms with E-state index in [4.69, 9.17) is 0 Å². The summed E-state index contributed by atoms with van der Waals surface area (Å²) in [4.78, 5) is 4.23. The number of fused-ring (bicyclic) bond motifs is 1.